The average Bonchev–Trinajstić information content (AvgIpc) is 2.29. The number of nitrogens with one attached hydrogen (secondary N) is 1. The Kier molecular flexibility index (Phi) is 5.02. The molecule has 1 N–H and O–H groups in total. The predicted molar refractivity (Wildman–Crippen MR) is 66.1 cm³/mol. The third-order valence-electron chi connectivity index (χ3n) is 2.13. The van der Waals surface area contributed by atoms with Crippen molar-refractivity contribution in [1.82, 2.24) is 9.97 Å². The van der Waals surface area contributed by atoms with Gasteiger partial charge >= 0.3 is 0 Å². The van der Waals surface area contributed by atoms with Gasteiger partial charge in [0.2, 0.25) is 5.88 Å². The molecule has 0 spiro atoms. The fourth-order valence-electron chi connectivity index (χ4n) is 1.54. The van der Waals surface area contributed by atoms with Crippen LogP contribution in [0.5, 0.6) is 5.88 Å². The first-order chi connectivity index (χ1) is 7.72. The molecule has 0 amide bonds. The fourth-order valence-corrected chi connectivity index (χ4v) is 1.54. The summed E-state index contributed by atoms with van der Waals surface area (Å²) in [5, 5.41) is 3.06. The van der Waals surface area contributed by atoms with Crippen LogP contribution in [0.1, 0.15) is 38.1 Å². The highest BCUT2D eigenvalue weighted by molar-refractivity contribution is 5.49. The van der Waals surface area contributed by atoms with E-state index in [1.54, 1.807) is 0 Å². The van der Waals surface area contributed by atoms with E-state index in [-0.39, 0.29) is 0 Å². The van der Waals surface area contributed by atoms with Gasteiger partial charge in [-0.1, -0.05) is 20.3 Å². The zero-order valence-electron chi connectivity index (χ0n) is 10.6. The van der Waals surface area contributed by atoms with Crippen LogP contribution in [0.3, 0.4) is 0 Å². The second kappa shape index (κ2) is 6.30. The predicted octanol–water partition coefficient (Wildman–Crippen LogP) is 2.57. The fraction of sp³-hybridized carbons (Fsp3) is 0.667. The van der Waals surface area contributed by atoms with Crippen LogP contribution in [0.2, 0.25) is 0 Å². The Morgan fingerprint density at radius 2 is 2.00 bits per heavy atom. The molecule has 90 valence electrons. The Labute approximate surface area is 97.5 Å². The van der Waals surface area contributed by atoms with Crippen molar-refractivity contribution < 1.29 is 4.74 Å². The number of hydrogen-bond donors (Lipinski definition) is 1. The molecule has 0 unspecified atom stereocenters. The highest BCUT2D eigenvalue weighted by Gasteiger charge is 2.16. The Hall–Kier alpha value is -1.32. The van der Waals surface area contributed by atoms with Crippen LogP contribution < -0.4 is 10.1 Å². The van der Waals surface area contributed by atoms with Crippen LogP contribution in [0.4, 0.5) is 5.82 Å². The minimum Gasteiger partial charge on any atom is -0.477 e. The smallest absolute Gasteiger partial charge is 0.222 e. The van der Waals surface area contributed by atoms with E-state index >= 15 is 0 Å². The normalized spacial score (nSPS) is 13.0. The molecule has 0 bridgehead atoms. The van der Waals surface area contributed by atoms with Crippen molar-refractivity contribution in [3.05, 3.63) is 11.4 Å². The monoisotopic (exact) mass is 223 g/mol. The van der Waals surface area contributed by atoms with Crippen LogP contribution in [-0.4, -0.2) is 23.6 Å². The summed E-state index contributed by atoms with van der Waals surface area (Å²) in [5.41, 5.74) is 1.11. The molecule has 1 aromatic heterocycles. The van der Waals surface area contributed by atoms with Crippen molar-refractivity contribution in [1.29, 1.82) is 0 Å². The highest BCUT2D eigenvalue weighted by atomic mass is 16.5. The Bertz CT molecular complexity index is 322. The Morgan fingerprint density at radius 3 is 2.62 bits per heavy atom. The van der Waals surface area contributed by atoms with Crippen LogP contribution in [0.15, 0.2) is 0 Å². The van der Waals surface area contributed by atoms with Crippen molar-refractivity contribution in [3.63, 3.8) is 0 Å². The summed E-state index contributed by atoms with van der Waals surface area (Å²) in [6.45, 7) is 6.89. The molecular formula is C12H21N3O. The number of anilines is 1. The van der Waals surface area contributed by atoms with Gasteiger partial charge in [0.05, 0.1) is 12.2 Å². The van der Waals surface area contributed by atoms with E-state index in [0.29, 0.717) is 0 Å². The molecule has 4 heteroatoms. The van der Waals surface area contributed by atoms with E-state index in [9.17, 15) is 0 Å². The molecule has 2 heterocycles. The minimum atomic E-state index is 0.753. The van der Waals surface area contributed by atoms with Gasteiger partial charge < -0.3 is 10.1 Å². The Morgan fingerprint density at radius 1 is 1.31 bits per heavy atom. The second-order valence-electron chi connectivity index (χ2n) is 3.81. The van der Waals surface area contributed by atoms with Gasteiger partial charge in [-0.05, 0) is 19.8 Å². The lowest BCUT2D eigenvalue weighted by Crippen LogP contribution is -2.14. The van der Waals surface area contributed by atoms with Gasteiger partial charge in [0.1, 0.15) is 11.6 Å². The summed E-state index contributed by atoms with van der Waals surface area (Å²) in [6.07, 6.45) is 3.31. The van der Waals surface area contributed by atoms with E-state index in [1.807, 2.05) is 14.0 Å². The molecule has 0 aromatic carbocycles. The molecule has 0 saturated heterocycles. The van der Waals surface area contributed by atoms with Gasteiger partial charge in [0.15, 0.2) is 0 Å². The van der Waals surface area contributed by atoms with Crippen LogP contribution in [-0.2, 0) is 6.42 Å². The molecule has 1 aliphatic heterocycles. The van der Waals surface area contributed by atoms with Gasteiger partial charge in [-0.3, -0.25) is 0 Å². The quantitative estimate of drug-likeness (QED) is 0.795. The number of aromatic nitrogens is 2. The molecule has 0 fully saturated rings. The van der Waals surface area contributed by atoms with Gasteiger partial charge in [-0.15, -0.1) is 0 Å². The van der Waals surface area contributed by atoms with Crippen LogP contribution in [0, 0.1) is 6.92 Å². The molecule has 1 aromatic rings. The van der Waals surface area contributed by atoms with Gasteiger partial charge in [-0.25, -0.2) is 4.98 Å². The third-order valence-corrected chi connectivity index (χ3v) is 2.13. The largest absolute Gasteiger partial charge is 0.477 e. The first kappa shape index (κ1) is 12.7. The highest BCUT2D eigenvalue weighted by Crippen LogP contribution is 2.27. The average molecular weight is 223 g/mol. The van der Waals surface area contributed by atoms with Gasteiger partial charge in [-0.2, -0.15) is 4.98 Å². The second-order valence-corrected chi connectivity index (χ2v) is 3.81. The third kappa shape index (κ3) is 3.08. The first-order valence-electron chi connectivity index (χ1n) is 5.90. The van der Waals surface area contributed by atoms with Crippen LogP contribution in [0.25, 0.3) is 0 Å². The summed E-state index contributed by atoms with van der Waals surface area (Å²) in [5.74, 6) is 2.41. The molecule has 16 heavy (non-hydrogen) atoms. The number of hydrogen-bond acceptors (Lipinski definition) is 4. The van der Waals surface area contributed by atoms with E-state index in [0.717, 1.165) is 42.5 Å². The summed E-state index contributed by atoms with van der Waals surface area (Å²) in [4.78, 5) is 8.55. The van der Waals surface area contributed by atoms with E-state index in [4.69, 9.17) is 4.74 Å². The summed E-state index contributed by atoms with van der Waals surface area (Å²) < 4.78 is 5.46. The number of fused-ring (bicyclic) bond motifs is 1. The lowest BCUT2D eigenvalue weighted by Gasteiger charge is -2.18. The maximum absolute atomic E-state index is 5.46. The van der Waals surface area contributed by atoms with Crippen molar-refractivity contribution in [3.8, 4) is 5.88 Å². The maximum Gasteiger partial charge on any atom is 0.222 e. The molecule has 0 atom stereocenters. The van der Waals surface area contributed by atoms with E-state index in [2.05, 4.69) is 29.1 Å². The SMILES string of the molecule is CCC.CNc1nc(C)nc2c1CCCO2. The molecular weight excluding hydrogens is 202 g/mol. The van der Waals surface area contributed by atoms with Crippen molar-refractivity contribution in [2.45, 2.75) is 40.0 Å². The standard InChI is InChI=1S/C9H13N3O.C3H8/c1-6-11-8(10-2)7-4-3-5-13-9(7)12-6;1-3-2/h3-5H2,1-2H3,(H,10,11,12);3H2,1-2H3. The van der Waals surface area contributed by atoms with Gasteiger partial charge in [0, 0.05) is 7.05 Å². The summed E-state index contributed by atoms with van der Waals surface area (Å²) >= 11 is 0. The lowest BCUT2D eigenvalue weighted by molar-refractivity contribution is 0.275. The molecule has 2 rings (SSSR count). The molecule has 0 aliphatic carbocycles. The number of aryl methyl sites for hydroxylation is 1. The molecule has 0 saturated carbocycles. The Balaban J connectivity index is 0.000000386. The minimum absolute atomic E-state index is 0.753. The molecule has 1 aliphatic rings. The van der Waals surface area contributed by atoms with E-state index in [1.165, 1.54) is 6.42 Å². The zero-order valence-corrected chi connectivity index (χ0v) is 10.6. The summed E-state index contributed by atoms with van der Waals surface area (Å²) in [7, 11) is 1.87. The number of rotatable bonds is 1. The van der Waals surface area contributed by atoms with Crippen molar-refractivity contribution in [2.24, 2.45) is 0 Å². The topological polar surface area (TPSA) is 47.0 Å². The van der Waals surface area contributed by atoms with Crippen molar-refractivity contribution >= 4 is 5.82 Å². The zero-order chi connectivity index (χ0) is 12.0. The van der Waals surface area contributed by atoms with Gasteiger partial charge in [0.25, 0.3) is 0 Å². The van der Waals surface area contributed by atoms with E-state index < -0.39 is 0 Å². The first-order valence-corrected chi connectivity index (χ1v) is 5.90. The maximum atomic E-state index is 5.46. The van der Waals surface area contributed by atoms with Crippen LogP contribution >= 0.6 is 0 Å². The number of nitrogens with zero attached hydrogens (tertiary/aromatic N) is 2. The molecule has 4 nitrogen and oxygen atoms in total. The van der Waals surface area contributed by atoms with Crippen molar-refractivity contribution in [2.75, 3.05) is 19.0 Å². The number of ether oxygens (including phenoxy) is 1. The molecule has 0 radical (unpaired) electrons. The lowest BCUT2D eigenvalue weighted by atomic mass is 10.1. The summed E-state index contributed by atoms with van der Waals surface area (Å²) in [6, 6.07) is 0.